The first kappa shape index (κ1) is 21.7. The van der Waals surface area contributed by atoms with Crippen molar-refractivity contribution in [3.05, 3.63) is 86.8 Å². The van der Waals surface area contributed by atoms with Gasteiger partial charge in [-0.15, -0.1) is 0 Å². The van der Waals surface area contributed by atoms with Crippen molar-refractivity contribution in [2.75, 3.05) is 6.61 Å². The lowest BCUT2D eigenvalue weighted by Crippen LogP contribution is -2.33. The number of carbonyl (C=O) groups is 1. The topological polar surface area (TPSA) is 102 Å². The molecular formula is C26H23N5O3. The molecule has 8 nitrogen and oxygen atoms in total. The molecule has 5 rings (SSSR count). The van der Waals surface area contributed by atoms with Gasteiger partial charge < -0.3 is 9.30 Å². The summed E-state index contributed by atoms with van der Waals surface area (Å²) in [5.41, 5.74) is 3.13. The molecule has 1 atom stereocenters. The second-order valence-electron chi connectivity index (χ2n) is 8.56. The second kappa shape index (κ2) is 8.69. The number of hydrogen-bond donors (Lipinski definition) is 0. The summed E-state index contributed by atoms with van der Waals surface area (Å²) in [4.78, 5) is 35.6. The Labute approximate surface area is 195 Å². The number of ether oxygens (including phenoxy) is 1. The normalized spacial score (nSPS) is 16.3. The standard InChI is InChI=1S/C26H23N5O3/c1-16-6-3-8-18(12-16)25(32)29-23-19(14-27)13-21-24(31(23)15-20-9-5-11-34-20)28-22-17(2)7-4-10-30(22)26(21)33/h3-4,6-8,10,12-13,20H,5,9,11,15H2,1-2H3/t20-/m0/s1. The van der Waals surface area contributed by atoms with E-state index in [0.717, 1.165) is 24.0 Å². The van der Waals surface area contributed by atoms with Crippen LogP contribution in [-0.4, -0.2) is 32.6 Å². The van der Waals surface area contributed by atoms with E-state index in [4.69, 9.17) is 9.72 Å². The van der Waals surface area contributed by atoms with Gasteiger partial charge in [0.15, 0.2) is 5.49 Å². The fraction of sp³-hybridized carbons (Fsp3) is 0.269. The lowest BCUT2D eigenvalue weighted by Gasteiger charge is -2.17. The molecule has 0 aliphatic carbocycles. The molecule has 3 aromatic heterocycles. The van der Waals surface area contributed by atoms with E-state index in [1.165, 1.54) is 10.5 Å². The molecule has 1 fully saturated rings. The van der Waals surface area contributed by atoms with Crippen LogP contribution in [0.4, 0.5) is 0 Å². The molecule has 0 N–H and O–H groups in total. The van der Waals surface area contributed by atoms with Crippen LogP contribution in [0.2, 0.25) is 0 Å². The molecule has 1 aromatic carbocycles. The number of aryl methyl sites for hydroxylation is 2. The number of pyridine rings is 2. The fourth-order valence-electron chi connectivity index (χ4n) is 4.39. The van der Waals surface area contributed by atoms with Crippen molar-refractivity contribution >= 4 is 22.6 Å². The van der Waals surface area contributed by atoms with Crippen LogP contribution >= 0.6 is 0 Å². The molecule has 0 saturated carbocycles. The van der Waals surface area contributed by atoms with Gasteiger partial charge in [-0.1, -0.05) is 23.8 Å². The van der Waals surface area contributed by atoms with Crippen LogP contribution in [-0.2, 0) is 11.3 Å². The summed E-state index contributed by atoms with van der Waals surface area (Å²) in [6.07, 6.45) is 3.30. The van der Waals surface area contributed by atoms with Crippen molar-refractivity contribution in [3.8, 4) is 6.07 Å². The van der Waals surface area contributed by atoms with Gasteiger partial charge in [0.1, 0.15) is 17.4 Å². The first-order chi connectivity index (χ1) is 16.5. The SMILES string of the molecule is Cc1cccc(C(=O)N=c2c(C#N)cc3c(=O)n4cccc(C)c4nc3n2C[C@@H]2CCCO2)c1. The Morgan fingerprint density at radius 3 is 2.82 bits per heavy atom. The summed E-state index contributed by atoms with van der Waals surface area (Å²) in [5.74, 6) is -0.464. The molecule has 170 valence electrons. The van der Waals surface area contributed by atoms with Crippen molar-refractivity contribution in [1.82, 2.24) is 14.0 Å². The molecular weight excluding hydrogens is 430 g/mol. The highest BCUT2D eigenvalue weighted by Gasteiger charge is 2.21. The number of nitrogens with zero attached hydrogens (tertiary/aromatic N) is 5. The number of benzene rings is 1. The Morgan fingerprint density at radius 1 is 1.24 bits per heavy atom. The maximum absolute atomic E-state index is 13.4. The number of amides is 1. The van der Waals surface area contributed by atoms with E-state index in [1.807, 2.05) is 26.0 Å². The maximum atomic E-state index is 13.4. The summed E-state index contributed by atoms with van der Waals surface area (Å²) in [7, 11) is 0. The molecule has 0 unspecified atom stereocenters. The van der Waals surface area contributed by atoms with Crippen LogP contribution in [0, 0.1) is 25.2 Å². The maximum Gasteiger partial charge on any atom is 0.279 e. The third-order valence-corrected chi connectivity index (χ3v) is 6.11. The Bertz CT molecular complexity index is 1620. The van der Waals surface area contributed by atoms with Crippen molar-refractivity contribution < 1.29 is 9.53 Å². The monoisotopic (exact) mass is 453 g/mol. The summed E-state index contributed by atoms with van der Waals surface area (Å²) in [6, 6.07) is 14.4. The molecule has 0 spiro atoms. The highest BCUT2D eigenvalue weighted by Crippen LogP contribution is 2.18. The van der Waals surface area contributed by atoms with Gasteiger partial charge in [0.05, 0.1) is 23.6 Å². The number of fused-ring (bicyclic) bond motifs is 2. The van der Waals surface area contributed by atoms with Gasteiger partial charge in [-0.3, -0.25) is 14.0 Å². The predicted octanol–water partition coefficient (Wildman–Crippen LogP) is 3.06. The van der Waals surface area contributed by atoms with Gasteiger partial charge in [-0.25, -0.2) is 4.98 Å². The Hall–Kier alpha value is -4.09. The van der Waals surface area contributed by atoms with Crippen LogP contribution < -0.4 is 11.0 Å². The van der Waals surface area contributed by atoms with E-state index in [0.29, 0.717) is 35.4 Å². The molecule has 1 aliphatic heterocycles. The van der Waals surface area contributed by atoms with Gasteiger partial charge in [-0.2, -0.15) is 10.3 Å². The summed E-state index contributed by atoms with van der Waals surface area (Å²) < 4.78 is 9.02. The largest absolute Gasteiger partial charge is 0.376 e. The van der Waals surface area contributed by atoms with E-state index in [-0.39, 0.29) is 22.7 Å². The zero-order chi connectivity index (χ0) is 23.8. The molecule has 34 heavy (non-hydrogen) atoms. The van der Waals surface area contributed by atoms with Gasteiger partial charge >= 0.3 is 0 Å². The average molecular weight is 454 g/mol. The van der Waals surface area contributed by atoms with Crippen LogP contribution in [0.3, 0.4) is 0 Å². The van der Waals surface area contributed by atoms with Crippen LogP contribution in [0.5, 0.6) is 0 Å². The highest BCUT2D eigenvalue weighted by atomic mass is 16.5. The van der Waals surface area contributed by atoms with Gasteiger partial charge in [-0.05, 0) is 56.5 Å². The number of rotatable bonds is 3. The highest BCUT2D eigenvalue weighted by molar-refractivity contribution is 5.95. The molecule has 1 saturated heterocycles. The number of carbonyl (C=O) groups excluding carboxylic acids is 1. The molecule has 8 heteroatoms. The number of aromatic nitrogens is 3. The zero-order valence-electron chi connectivity index (χ0n) is 19.0. The minimum atomic E-state index is -0.464. The smallest absolute Gasteiger partial charge is 0.279 e. The first-order valence-electron chi connectivity index (χ1n) is 11.2. The molecule has 1 aliphatic rings. The van der Waals surface area contributed by atoms with E-state index in [1.54, 1.807) is 35.0 Å². The minimum Gasteiger partial charge on any atom is -0.376 e. The fourth-order valence-corrected chi connectivity index (χ4v) is 4.39. The molecule has 0 radical (unpaired) electrons. The van der Waals surface area contributed by atoms with Crippen molar-refractivity contribution in [2.24, 2.45) is 4.99 Å². The zero-order valence-corrected chi connectivity index (χ0v) is 19.0. The molecule has 4 heterocycles. The summed E-state index contributed by atoms with van der Waals surface area (Å²) in [6.45, 7) is 4.76. The molecule has 1 amide bonds. The van der Waals surface area contributed by atoms with Crippen molar-refractivity contribution in [2.45, 2.75) is 39.3 Å². The minimum absolute atomic E-state index is 0.123. The number of nitriles is 1. The molecule has 0 bridgehead atoms. The van der Waals surface area contributed by atoms with E-state index in [2.05, 4.69) is 11.1 Å². The third-order valence-electron chi connectivity index (χ3n) is 6.11. The first-order valence-corrected chi connectivity index (χ1v) is 11.2. The summed E-state index contributed by atoms with van der Waals surface area (Å²) in [5, 5.41) is 10.2. The molecule has 4 aromatic rings. The Balaban J connectivity index is 1.85. The van der Waals surface area contributed by atoms with Crippen LogP contribution in [0.15, 0.2) is 58.4 Å². The predicted molar refractivity (Wildman–Crippen MR) is 126 cm³/mol. The van der Waals surface area contributed by atoms with Crippen molar-refractivity contribution in [3.63, 3.8) is 0 Å². The quantitative estimate of drug-likeness (QED) is 0.444. The van der Waals surface area contributed by atoms with E-state index in [9.17, 15) is 14.9 Å². The number of hydrogen-bond acceptors (Lipinski definition) is 5. The van der Waals surface area contributed by atoms with E-state index < -0.39 is 5.91 Å². The lowest BCUT2D eigenvalue weighted by atomic mass is 10.1. The second-order valence-corrected chi connectivity index (χ2v) is 8.56. The lowest BCUT2D eigenvalue weighted by molar-refractivity contribution is 0.0952. The Kier molecular flexibility index (Phi) is 5.56. The summed E-state index contributed by atoms with van der Waals surface area (Å²) >= 11 is 0. The Morgan fingerprint density at radius 2 is 2.09 bits per heavy atom. The van der Waals surface area contributed by atoms with Gasteiger partial charge in [0, 0.05) is 18.4 Å². The van der Waals surface area contributed by atoms with Crippen LogP contribution in [0.25, 0.3) is 16.7 Å². The van der Waals surface area contributed by atoms with Gasteiger partial charge in [0.2, 0.25) is 0 Å². The van der Waals surface area contributed by atoms with E-state index >= 15 is 0 Å². The van der Waals surface area contributed by atoms with Crippen molar-refractivity contribution in [1.29, 1.82) is 5.26 Å². The average Bonchev–Trinajstić information content (AvgIpc) is 3.34. The third kappa shape index (κ3) is 3.80. The van der Waals surface area contributed by atoms with Gasteiger partial charge in [0.25, 0.3) is 11.5 Å². The van der Waals surface area contributed by atoms with Crippen LogP contribution in [0.1, 0.15) is 39.9 Å².